The van der Waals surface area contributed by atoms with Crippen LogP contribution in [0.25, 0.3) is 22.5 Å². The number of anilines is 4. The van der Waals surface area contributed by atoms with Crippen molar-refractivity contribution in [2.75, 3.05) is 22.9 Å². The lowest BCUT2D eigenvalue weighted by Crippen LogP contribution is -2.22. The normalized spacial score (nSPS) is 12.2. The first kappa shape index (κ1) is 22.3. The van der Waals surface area contributed by atoms with E-state index in [0.29, 0.717) is 33.8 Å². The maximum Gasteiger partial charge on any atom is 0.405 e. The van der Waals surface area contributed by atoms with E-state index in [9.17, 15) is 13.2 Å². The van der Waals surface area contributed by atoms with E-state index in [2.05, 4.69) is 30.8 Å². The minimum Gasteiger partial charge on any atom is -0.401 e. The van der Waals surface area contributed by atoms with Crippen LogP contribution in [0.5, 0.6) is 0 Å². The van der Waals surface area contributed by atoms with Gasteiger partial charge < -0.3 is 15.5 Å². The number of hydrogen-bond acceptors (Lipinski definition) is 8. The first-order chi connectivity index (χ1) is 15.5. The summed E-state index contributed by atoms with van der Waals surface area (Å²) in [6.45, 7) is 4.69. The number of rotatable bonds is 5. The summed E-state index contributed by atoms with van der Waals surface area (Å²) in [5.41, 5.74) is 8.12. The number of aromatic nitrogens is 4. The van der Waals surface area contributed by atoms with E-state index >= 15 is 0 Å². The topological polar surface area (TPSA) is 115 Å². The van der Waals surface area contributed by atoms with Gasteiger partial charge in [-0.3, -0.25) is 5.32 Å². The van der Waals surface area contributed by atoms with E-state index < -0.39 is 18.1 Å². The van der Waals surface area contributed by atoms with Crippen molar-refractivity contribution in [2.45, 2.75) is 32.4 Å². The van der Waals surface area contributed by atoms with Crippen LogP contribution in [-0.2, 0) is 5.41 Å². The van der Waals surface area contributed by atoms with Gasteiger partial charge in [0.1, 0.15) is 18.1 Å². The molecule has 11 heteroatoms. The number of nitrogens with one attached hydrogen (secondary N) is 2. The molecule has 0 aliphatic carbocycles. The van der Waals surface area contributed by atoms with Crippen LogP contribution in [0.3, 0.4) is 0 Å². The molecule has 0 spiro atoms. The van der Waals surface area contributed by atoms with E-state index in [1.165, 1.54) is 0 Å². The third-order valence-corrected chi connectivity index (χ3v) is 4.79. The molecule has 0 saturated carbocycles. The van der Waals surface area contributed by atoms with Gasteiger partial charge in [0.2, 0.25) is 0 Å². The molecule has 1 aromatic carbocycles. The van der Waals surface area contributed by atoms with Crippen LogP contribution in [0, 0.1) is 0 Å². The van der Waals surface area contributed by atoms with Crippen molar-refractivity contribution in [3.8, 4) is 11.6 Å². The molecule has 0 fully saturated rings. The Morgan fingerprint density at radius 1 is 1.06 bits per heavy atom. The highest BCUT2D eigenvalue weighted by atomic mass is 19.4. The summed E-state index contributed by atoms with van der Waals surface area (Å²) in [4.78, 5) is 8.81. The molecule has 0 atom stereocenters. The number of hydrogen-bond donors (Lipinski definition) is 3. The van der Waals surface area contributed by atoms with Crippen molar-refractivity contribution in [3.63, 3.8) is 0 Å². The van der Waals surface area contributed by atoms with Gasteiger partial charge in [-0.05, 0) is 41.3 Å². The molecule has 0 radical (unpaired) electrons. The highest BCUT2D eigenvalue weighted by molar-refractivity contribution is 5.97. The van der Waals surface area contributed by atoms with Crippen molar-refractivity contribution in [2.24, 2.45) is 0 Å². The summed E-state index contributed by atoms with van der Waals surface area (Å²) in [6, 6.07) is 10.2. The zero-order valence-corrected chi connectivity index (χ0v) is 18.2. The number of benzene rings is 1. The molecular formula is C22H22F3N7O. The zero-order chi connectivity index (χ0) is 23.8. The second-order valence-corrected chi connectivity index (χ2v) is 8.49. The highest BCUT2D eigenvalue weighted by Gasteiger charge is 2.27. The Morgan fingerprint density at radius 2 is 1.85 bits per heavy atom. The van der Waals surface area contributed by atoms with Crippen molar-refractivity contribution in [1.29, 1.82) is 0 Å². The van der Waals surface area contributed by atoms with Gasteiger partial charge in [-0.1, -0.05) is 31.9 Å². The molecule has 0 amide bonds. The number of halogens is 3. The van der Waals surface area contributed by atoms with Crippen molar-refractivity contribution in [1.82, 2.24) is 20.2 Å². The lowest BCUT2D eigenvalue weighted by Gasteiger charge is -2.23. The molecule has 4 N–H and O–H groups in total. The average Bonchev–Trinajstić information content (AvgIpc) is 3.20. The van der Waals surface area contributed by atoms with Crippen molar-refractivity contribution >= 4 is 34.1 Å². The Morgan fingerprint density at radius 3 is 2.52 bits per heavy atom. The van der Waals surface area contributed by atoms with Crippen molar-refractivity contribution in [3.05, 3.63) is 48.2 Å². The average molecular weight is 457 g/mol. The molecule has 0 saturated heterocycles. The monoisotopic (exact) mass is 457 g/mol. The summed E-state index contributed by atoms with van der Waals surface area (Å²) in [5.74, 6) is 0.675. The lowest BCUT2D eigenvalue weighted by molar-refractivity contribution is -0.115. The maximum absolute atomic E-state index is 12.7. The zero-order valence-electron chi connectivity index (χ0n) is 18.2. The van der Waals surface area contributed by atoms with Gasteiger partial charge in [0.25, 0.3) is 5.89 Å². The number of nitrogen functional groups attached to an aromatic ring is 1. The van der Waals surface area contributed by atoms with E-state index in [0.717, 1.165) is 5.56 Å². The summed E-state index contributed by atoms with van der Waals surface area (Å²) in [5, 5.41) is 13.9. The predicted octanol–water partition coefficient (Wildman–Crippen LogP) is 5.28. The third-order valence-electron chi connectivity index (χ3n) is 4.79. The first-order valence-corrected chi connectivity index (χ1v) is 10.1. The highest BCUT2D eigenvalue weighted by Crippen LogP contribution is 2.36. The van der Waals surface area contributed by atoms with Gasteiger partial charge in [0.05, 0.1) is 5.52 Å². The molecular weight excluding hydrogens is 435 g/mol. The summed E-state index contributed by atoms with van der Waals surface area (Å²) in [6.07, 6.45) is -2.72. The van der Waals surface area contributed by atoms with Gasteiger partial charge in [-0.15, -0.1) is 5.10 Å². The van der Waals surface area contributed by atoms with Gasteiger partial charge in [0.15, 0.2) is 0 Å². The fraction of sp³-hybridized carbons (Fsp3) is 0.273. The van der Waals surface area contributed by atoms with Crippen LogP contribution >= 0.6 is 0 Å². The minimum atomic E-state index is -4.34. The standard InChI is InChI=1S/C22H22F3N7O/c1-21(2,3)14-9-12(28-11-22(23,24)25)8-13-15(26)10-16(29-18(13)14)19-31-32-20(33-19)30-17-6-4-5-7-27-17/h4-10,28H,11H2,1-3H3,(H2,26,29)(H,27,30,32). The molecule has 4 aromatic rings. The Hall–Kier alpha value is -3.89. The largest absolute Gasteiger partial charge is 0.405 e. The van der Waals surface area contributed by atoms with Crippen LogP contribution in [0.1, 0.15) is 26.3 Å². The lowest BCUT2D eigenvalue weighted by atomic mass is 9.84. The van der Waals surface area contributed by atoms with Gasteiger partial charge >= 0.3 is 12.2 Å². The molecule has 0 unspecified atom stereocenters. The Balaban J connectivity index is 1.74. The van der Waals surface area contributed by atoms with Gasteiger partial charge in [-0.2, -0.15) is 13.2 Å². The summed E-state index contributed by atoms with van der Waals surface area (Å²) < 4.78 is 43.8. The molecule has 3 aromatic heterocycles. The second-order valence-electron chi connectivity index (χ2n) is 8.49. The van der Waals surface area contributed by atoms with Crippen LogP contribution < -0.4 is 16.4 Å². The smallest absolute Gasteiger partial charge is 0.401 e. The van der Waals surface area contributed by atoms with Gasteiger partial charge in [-0.25, -0.2) is 9.97 Å². The van der Waals surface area contributed by atoms with E-state index in [4.69, 9.17) is 10.2 Å². The molecule has 33 heavy (non-hydrogen) atoms. The molecule has 3 heterocycles. The van der Waals surface area contributed by atoms with Crippen LogP contribution in [0.15, 0.2) is 47.0 Å². The minimum absolute atomic E-state index is 0.131. The van der Waals surface area contributed by atoms with Crippen LogP contribution in [0.2, 0.25) is 0 Å². The molecule has 172 valence electrons. The summed E-state index contributed by atoms with van der Waals surface area (Å²) in [7, 11) is 0. The first-order valence-electron chi connectivity index (χ1n) is 10.1. The fourth-order valence-corrected chi connectivity index (χ4v) is 3.26. The third kappa shape index (κ3) is 5.13. The Kier molecular flexibility index (Phi) is 5.56. The van der Waals surface area contributed by atoms with Gasteiger partial charge in [0, 0.05) is 23.0 Å². The molecule has 4 rings (SSSR count). The van der Waals surface area contributed by atoms with Crippen LogP contribution in [-0.4, -0.2) is 32.9 Å². The molecule has 8 nitrogen and oxygen atoms in total. The number of pyridine rings is 2. The molecule has 0 aliphatic rings. The molecule has 0 aliphatic heterocycles. The van der Waals surface area contributed by atoms with E-state index in [1.807, 2.05) is 26.8 Å². The maximum atomic E-state index is 12.7. The fourth-order valence-electron chi connectivity index (χ4n) is 3.26. The summed E-state index contributed by atoms with van der Waals surface area (Å²) >= 11 is 0. The molecule has 0 bridgehead atoms. The SMILES string of the molecule is CC(C)(C)c1cc(NCC(F)(F)F)cc2c(N)cc(-c3nnc(Nc4ccccn4)o3)nc12. The number of alkyl halides is 3. The number of nitrogens with zero attached hydrogens (tertiary/aromatic N) is 4. The second kappa shape index (κ2) is 8.23. The predicted molar refractivity (Wildman–Crippen MR) is 120 cm³/mol. The van der Waals surface area contributed by atoms with E-state index in [1.54, 1.807) is 36.5 Å². The van der Waals surface area contributed by atoms with E-state index in [-0.39, 0.29) is 11.9 Å². The Bertz CT molecular complexity index is 1280. The number of fused-ring (bicyclic) bond motifs is 1. The van der Waals surface area contributed by atoms with Crippen molar-refractivity contribution < 1.29 is 17.6 Å². The van der Waals surface area contributed by atoms with Crippen LogP contribution in [0.4, 0.5) is 36.4 Å². The number of nitrogens with two attached hydrogens (primary N) is 1. The Labute approximate surface area is 187 Å². The quantitative estimate of drug-likeness (QED) is 0.371.